The van der Waals surface area contributed by atoms with Gasteiger partial charge in [0.05, 0.1) is 13.7 Å². The van der Waals surface area contributed by atoms with Gasteiger partial charge in [0.2, 0.25) is 5.91 Å². The molecule has 104 valence electrons. The molecule has 1 fully saturated rings. The van der Waals surface area contributed by atoms with E-state index in [0.717, 1.165) is 24.4 Å². The maximum Gasteiger partial charge on any atom is 0.241 e. The van der Waals surface area contributed by atoms with Crippen LogP contribution in [0.25, 0.3) is 0 Å². The summed E-state index contributed by atoms with van der Waals surface area (Å²) in [6.07, 6.45) is 3.49. The summed E-state index contributed by atoms with van der Waals surface area (Å²) in [4.78, 5) is 13.9. The first-order valence-electron chi connectivity index (χ1n) is 6.92. The molecule has 1 aromatic rings. The summed E-state index contributed by atoms with van der Waals surface area (Å²) in [5.74, 6) is 0.912. The van der Waals surface area contributed by atoms with Crippen molar-refractivity contribution in [1.29, 1.82) is 0 Å². The molecule has 0 spiro atoms. The van der Waals surface area contributed by atoms with Crippen LogP contribution in [0.3, 0.4) is 0 Å². The number of piperazine rings is 1. The van der Waals surface area contributed by atoms with Crippen molar-refractivity contribution in [1.82, 2.24) is 5.32 Å². The van der Waals surface area contributed by atoms with E-state index in [9.17, 15) is 4.79 Å². The lowest BCUT2D eigenvalue weighted by molar-refractivity contribution is -0.119. The fourth-order valence-electron chi connectivity index (χ4n) is 2.39. The molecule has 0 aliphatic carbocycles. The number of hydrogen-bond acceptors (Lipinski definition) is 3. The molecule has 0 bridgehead atoms. The number of methoxy groups -OCH3 is 1. The van der Waals surface area contributed by atoms with Gasteiger partial charge >= 0.3 is 0 Å². The van der Waals surface area contributed by atoms with Crippen molar-refractivity contribution in [3.63, 3.8) is 0 Å². The normalized spacial score (nSPS) is 19.6. The molecular weight excluding hydrogens is 240 g/mol. The van der Waals surface area contributed by atoms with Gasteiger partial charge < -0.3 is 15.0 Å². The fourth-order valence-corrected chi connectivity index (χ4v) is 2.39. The summed E-state index contributed by atoms with van der Waals surface area (Å²) in [5.41, 5.74) is 0.923. The predicted octanol–water partition coefficient (Wildman–Crippen LogP) is 2.19. The lowest BCUT2D eigenvalue weighted by atomic mass is 10.1. The number of nitrogens with zero attached hydrogens (tertiary/aromatic N) is 1. The molecule has 1 aliphatic rings. The molecule has 2 rings (SSSR count). The van der Waals surface area contributed by atoms with Gasteiger partial charge in [-0.05, 0) is 18.6 Å². The monoisotopic (exact) mass is 262 g/mol. The van der Waals surface area contributed by atoms with Gasteiger partial charge in [-0.25, -0.2) is 0 Å². The van der Waals surface area contributed by atoms with E-state index in [1.807, 2.05) is 29.2 Å². The van der Waals surface area contributed by atoms with E-state index in [2.05, 4.69) is 12.2 Å². The van der Waals surface area contributed by atoms with Crippen LogP contribution >= 0.6 is 0 Å². The largest absolute Gasteiger partial charge is 0.497 e. The Balaban J connectivity index is 2.09. The Kier molecular flexibility index (Phi) is 4.80. The van der Waals surface area contributed by atoms with E-state index in [1.165, 1.54) is 12.8 Å². The first-order chi connectivity index (χ1) is 9.24. The number of hydrogen-bond donors (Lipinski definition) is 1. The fraction of sp³-hybridized carbons (Fsp3) is 0.533. The summed E-state index contributed by atoms with van der Waals surface area (Å²) in [7, 11) is 1.64. The third-order valence-corrected chi connectivity index (χ3v) is 3.52. The van der Waals surface area contributed by atoms with Gasteiger partial charge in [0.25, 0.3) is 0 Å². The number of nitrogens with one attached hydrogen (secondary N) is 1. The highest BCUT2D eigenvalue weighted by molar-refractivity contribution is 5.95. The Labute approximate surface area is 114 Å². The second-order valence-corrected chi connectivity index (χ2v) is 4.93. The van der Waals surface area contributed by atoms with Crippen LogP contribution in [0.4, 0.5) is 5.69 Å². The number of ether oxygens (including phenoxy) is 1. The quantitative estimate of drug-likeness (QED) is 0.884. The Morgan fingerprint density at radius 3 is 3.05 bits per heavy atom. The van der Waals surface area contributed by atoms with Gasteiger partial charge in [0.15, 0.2) is 0 Å². The van der Waals surface area contributed by atoms with E-state index < -0.39 is 0 Å². The molecule has 0 unspecified atom stereocenters. The molecular formula is C15H22N2O2. The molecule has 1 aromatic carbocycles. The second-order valence-electron chi connectivity index (χ2n) is 4.93. The summed E-state index contributed by atoms with van der Waals surface area (Å²) < 4.78 is 5.22. The minimum absolute atomic E-state index is 0.126. The lowest BCUT2D eigenvalue weighted by Gasteiger charge is -2.33. The van der Waals surface area contributed by atoms with Crippen molar-refractivity contribution in [2.45, 2.75) is 32.2 Å². The minimum Gasteiger partial charge on any atom is -0.497 e. The number of amides is 1. The van der Waals surface area contributed by atoms with Crippen molar-refractivity contribution < 1.29 is 9.53 Å². The van der Waals surface area contributed by atoms with E-state index in [1.54, 1.807) is 7.11 Å². The number of unbranched alkanes of at least 4 members (excludes halogenated alkanes) is 1. The average molecular weight is 262 g/mol. The first kappa shape index (κ1) is 13.9. The zero-order chi connectivity index (χ0) is 13.7. The first-order valence-corrected chi connectivity index (χ1v) is 6.92. The highest BCUT2D eigenvalue weighted by Gasteiger charge is 2.25. The number of carbonyl (C=O) groups is 1. The van der Waals surface area contributed by atoms with E-state index in [-0.39, 0.29) is 5.91 Å². The van der Waals surface area contributed by atoms with Crippen LogP contribution in [0.5, 0.6) is 5.75 Å². The SMILES string of the molecule is CCCC[C@H]1CN(c2cccc(OC)c2)C(=O)CN1. The molecule has 4 heteroatoms. The van der Waals surface area contributed by atoms with Crippen molar-refractivity contribution in [3.05, 3.63) is 24.3 Å². The highest BCUT2D eigenvalue weighted by Crippen LogP contribution is 2.23. The molecule has 1 N–H and O–H groups in total. The molecule has 4 nitrogen and oxygen atoms in total. The Hall–Kier alpha value is -1.55. The van der Waals surface area contributed by atoms with Gasteiger partial charge in [-0.15, -0.1) is 0 Å². The maximum atomic E-state index is 12.0. The Bertz CT molecular complexity index is 434. The summed E-state index contributed by atoms with van der Waals surface area (Å²) in [5, 5.41) is 3.31. The molecule has 19 heavy (non-hydrogen) atoms. The topological polar surface area (TPSA) is 41.6 Å². The third-order valence-electron chi connectivity index (χ3n) is 3.52. The molecule has 0 aromatic heterocycles. The van der Waals surface area contributed by atoms with Gasteiger partial charge in [0.1, 0.15) is 5.75 Å². The average Bonchev–Trinajstić information content (AvgIpc) is 2.46. The molecule has 0 saturated carbocycles. The number of rotatable bonds is 5. The zero-order valence-electron chi connectivity index (χ0n) is 11.7. The second kappa shape index (κ2) is 6.57. The third kappa shape index (κ3) is 3.47. The maximum absolute atomic E-state index is 12.0. The predicted molar refractivity (Wildman–Crippen MR) is 76.7 cm³/mol. The zero-order valence-corrected chi connectivity index (χ0v) is 11.7. The van der Waals surface area contributed by atoms with Crippen LogP contribution in [0.2, 0.25) is 0 Å². The molecule has 1 saturated heterocycles. The number of anilines is 1. The lowest BCUT2D eigenvalue weighted by Crippen LogP contribution is -2.54. The Morgan fingerprint density at radius 1 is 1.47 bits per heavy atom. The summed E-state index contributed by atoms with van der Waals surface area (Å²) in [6.45, 7) is 3.35. The number of carbonyl (C=O) groups excluding carboxylic acids is 1. The van der Waals surface area contributed by atoms with Crippen LogP contribution in [-0.2, 0) is 4.79 Å². The van der Waals surface area contributed by atoms with E-state index in [4.69, 9.17) is 4.74 Å². The van der Waals surface area contributed by atoms with Crippen molar-refractivity contribution in [2.75, 3.05) is 25.1 Å². The standard InChI is InChI=1S/C15H22N2O2/c1-3-4-6-12-11-17(15(18)10-16-12)13-7-5-8-14(9-13)19-2/h5,7-9,12,16H,3-4,6,10-11H2,1-2H3/t12-/m0/s1. The number of benzene rings is 1. The van der Waals surface area contributed by atoms with Gasteiger partial charge in [-0.3, -0.25) is 4.79 Å². The van der Waals surface area contributed by atoms with Crippen LogP contribution in [0, 0.1) is 0 Å². The molecule has 1 heterocycles. The van der Waals surface area contributed by atoms with Gasteiger partial charge in [0, 0.05) is 24.3 Å². The van der Waals surface area contributed by atoms with Crippen LogP contribution < -0.4 is 15.0 Å². The van der Waals surface area contributed by atoms with Crippen molar-refractivity contribution >= 4 is 11.6 Å². The highest BCUT2D eigenvalue weighted by atomic mass is 16.5. The van der Waals surface area contributed by atoms with E-state index in [0.29, 0.717) is 12.6 Å². The van der Waals surface area contributed by atoms with Gasteiger partial charge in [-0.1, -0.05) is 25.8 Å². The molecule has 1 aliphatic heterocycles. The Morgan fingerprint density at radius 2 is 2.32 bits per heavy atom. The van der Waals surface area contributed by atoms with Crippen LogP contribution in [0.15, 0.2) is 24.3 Å². The molecule has 1 atom stereocenters. The van der Waals surface area contributed by atoms with Crippen molar-refractivity contribution in [2.24, 2.45) is 0 Å². The molecule has 1 amide bonds. The van der Waals surface area contributed by atoms with E-state index >= 15 is 0 Å². The van der Waals surface area contributed by atoms with Crippen molar-refractivity contribution in [3.8, 4) is 5.75 Å². The van der Waals surface area contributed by atoms with Gasteiger partial charge in [-0.2, -0.15) is 0 Å². The summed E-state index contributed by atoms with van der Waals surface area (Å²) >= 11 is 0. The minimum atomic E-state index is 0.126. The smallest absolute Gasteiger partial charge is 0.241 e. The van der Waals surface area contributed by atoms with Crippen LogP contribution in [-0.4, -0.2) is 32.1 Å². The summed E-state index contributed by atoms with van der Waals surface area (Å²) in [6, 6.07) is 8.08. The molecule has 0 radical (unpaired) electrons. The van der Waals surface area contributed by atoms with Crippen LogP contribution in [0.1, 0.15) is 26.2 Å².